The summed E-state index contributed by atoms with van der Waals surface area (Å²) in [5.41, 5.74) is 6.02. The van der Waals surface area contributed by atoms with Gasteiger partial charge in [0.15, 0.2) is 0 Å². The number of nitrogens with two attached hydrogens (primary N) is 1. The van der Waals surface area contributed by atoms with E-state index >= 15 is 0 Å². The molecule has 0 aliphatic rings. The molecule has 5 atom stereocenters. The number of carboxylic acid groups (broad SMARTS) is 2. The number of imidazole rings is 1. The maximum Gasteiger partial charge on any atom is 0.326 e. The van der Waals surface area contributed by atoms with Crippen molar-refractivity contribution in [2.75, 3.05) is 0 Å². The number of H-pyrrole nitrogens is 1. The molecular formula is C20H32N6O7. The van der Waals surface area contributed by atoms with Crippen LogP contribution in [0.3, 0.4) is 0 Å². The molecule has 1 rings (SSSR count). The average Bonchev–Trinajstić information content (AvgIpc) is 3.26. The van der Waals surface area contributed by atoms with Crippen LogP contribution in [0.4, 0.5) is 0 Å². The van der Waals surface area contributed by atoms with E-state index in [1.54, 1.807) is 6.92 Å². The number of carboxylic acids is 2. The first-order valence-electron chi connectivity index (χ1n) is 10.5. The lowest BCUT2D eigenvalue weighted by Gasteiger charge is -2.27. The Labute approximate surface area is 190 Å². The van der Waals surface area contributed by atoms with E-state index in [9.17, 15) is 29.1 Å². The standard InChI is InChI=1S/C20H32N6O7/c1-4-10(2)16(26-17(29)11(3)21)19(31)24-13(5-6-15(27)28)18(30)25-14(20(32)33)7-12-8-22-9-23-12/h8-11,13-14,16H,4-7,21H2,1-3H3,(H,22,23)(H,24,31)(H,25,30)(H,26,29)(H,27,28)(H,32,33). The summed E-state index contributed by atoms with van der Waals surface area (Å²) in [4.78, 5) is 66.9. The van der Waals surface area contributed by atoms with E-state index in [0.717, 1.165) is 0 Å². The molecule has 0 saturated heterocycles. The van der Waals surface area contributed by atoms with Crippen molar-refractivity contribution in [3.05, 3.63) is 18.2 Å². The van der Waals surface area contributed by atoms with Gasteiger partial charge >= 0.3 is 11.9 Å². The predicted octanol–water partition coefficient (Wildman–Crippen LogP) is -1.25. The minimum absolute atomic E-state index is 0.0966. The minimum Gasteiger partial charge on any atom is -0.481 e. The molecule has 0 spiro atoms. The van der Waals surface area contributed by atoms with Crippen molar-refractivity contribution in [1.29, 1.82) is 0 Å². The van der Waals surface area contributed by atoms with Crippen LogP contribution in [0.5, 0.6) is 0 Å². The normalized spacial score (nSPS) is 15.4. The molecule has 0 bridgehead atoms. The fourth-order valence-corrected chi connectivity index (χ4v) is 2.87. The van der Waals surface area contributed by atoms with Crippen LogP contribution in [0.25, 0.3) is 0 Å². The smallest absolute Gasteiger partial charge is 0.326 e. The molecule has 1 aromatic heterocycles. The highest BCUT2D eigenvalue weighted by Gasteiger charge is 2.32. The van der Waals surface area contributed by atoms with Gasteiger partial charge in [-0.15, -0.1) is 0 Å². The highest BCUT2D eigenvalue weighted by atomic mass is 16.4. The van der Waals surface area contributed by atoms with Gasteiger partial charge in [-0.1, -0.05) is 20.3 Å². The van der Waals surface area contributed by atoms with E-state index in [1.807, 2.05) is 6.92 Å². The molecule has 8 N–H and O–H groups in total. The zero-order chi connectivity index (χ0) is 25.1. The Morgan fingerprint density at radius 3 is 2.15 bits per heavy atom. The third kappa shape index (κ3) is 9.27. The summed E-state index contributed by atoms with van der Waals surface area (Å²) in [5.74, 6) is -4.96. The average molecular weight is 469 g/mol. The van der Waals surface area contributed by atoms with Crippen LogP contribution in [-0.4, -0.2) is 74.0 Å². The highest BCUT2D eigenvalue weighted by molar-refractivity contribution is 5.94. The molecule has 1 aromatic rings. The molecular weight excluding hydrogens is 436 g/mol. The van der Waals surface area contributed by atoms with Gasteiger partial charge in [0, 0.05) is 24.7 Å². The number of aliphatic carboxylic acids is 2. The second-order valence-electron chi connectivity index (χ2n) is 7.83. The number of aromatic nitrogens is 2. The van der Waals surface area contributed by atoms with Gasteiger partial charge in [-0.25, -0.2) is 9.78 Å². The van der Waals surface area contributed by atoms with E-state index < -0.39 is 60.2 Å². The van der Waals surface area contributed by atoms with Crippen molar-refractivity contribution < 1.29 is 34.2 Å². The molecule has 184 valence electrons. The zero-order valence-electron chi connectivity index (χ0n) is 18.8. The first kappa shape index (κ1) is 27.6. The van der Waals surface area contributed by atoms with E-state index in [4.69, 9.17) is 10.8 Å². The van der Waals surface area contributed by atoms with Gasteiger partial charge < -0.3 is 36.9 Å². The van der Waals surface area contributed by atoms with E-state index in [0.29, 0.717) is 12.1 Å². The number of nitrogens with one attached hydrogen (secondary N) is 4. The number of carbonyl (C=O) groups is 5. The highest BCUT2D eigenvalue weighted by Crippen LogP contribution is 2.10. The van der Waals surface area contributed by atoms with Crippen molar-refractivity contribution in [2.24, 2.45) is 11.7 Å². The van der Waals surface area contributed by atoms with Crippen LogP contribution in [-0.2, 0) is 30.4 Å². The van der Waals surface area contributed by atoms with Crippen molar-refractivity contribution in [3.8, 4) is 0 Å². The number of nitrogens with zero attached hydrogens (tertiary/aromatic N) is 1. The maximum absolute atomic E-state index is 12.9. The number of amides is 3. The lowest BCUT2D eigenvalue weighted by Crippen LogP contribution is -2.58. The molecule has 0 fully saturated rings. The van der Waals surface area contributed by atoms with Gasteiger partial charge in [-0.05, 0) is 19.3 Å². The summed E-state index contributed by atoms with van der Waals surface area (Å²) in [6, 6.07) is -4.57. The lowest BCUT2D eigenvalue weighted by atomic mass is 9.97. The minimum atomic E-state index is -1.34. The molecule has 13 nitrogen and oxygen atoms in total. The fourth-order valence-electron chi connectivity index (χ4n) is 2.87. The van der Waals surface area contributed by atoms with Crippen LogP contribution >= 0.6 is 0 Å². The molecule has 0 radical (unpaired) electrons. The Hall–Kier alpha value is -3.48. The Balaban J connectivity index is 3.01. The number of hydrogen-bond acceptors (Lipinski definition) is 7. The van der Waals surface area contributed by atoms with Crippen LogP contribution in [0.15, 0.2) is 12.5 Å². The monoisotopic (exact) mass is 468 g/mol. The third-order valence-electron chi connectivity index (χ3n) is 5.08. The van der Waals surface area contributed by atoms with E-state index in [2.05, 4.69) is 25.9 Å². The zero-order valence-corrected chi connectivity index (χ0v) is 18.8. The van der Waals surface area contributed by atoms with E-state index in [-0.39, 0.29) is 18.8 Å². The van der Waals surface area contributed by atoms with Gasteiger partial charge in [0.1, 0.15) is 18.1 Å². The summed E-state index contributed by atoms with van der Waals surface area (Å²) in [5, 5.41) is 25.8. The number of carbonyl (C=O) groups excluding carboxylic acids is 3. The Kier molecular flexibility index (Phi) is 11.0. The maximum atomic E-state index is 12.9. The topological polar surface area (TPSA) is 217 Å². The van der Waals surface area contributed by atoms with Gasteiger partial charge in [-0.2, -0.15) is 0 Å². The summed E-state index contributed by atoms with van der Waals surface area (Å²) in [6.45, 7) is 4.99. The van der Waals surface area contributed by atoms with Crippen LogP contribution in [0, 0.1) is 5.92 Å². The molecule has 0 aliphatic carbocycles. The number of rotatable bonds is 14. The molecule has 0 aliphatic heterocycles. The quantitative estimate of drug-likeness (QED) is 0.173. The summed E-state index contributed by atoms with van der Waals surface area (Å²) >= 11 is 0. The third-order valence-corrected chi connectivity index (χ3v) is 5.08. The number of hydrogen-bond donors (Lipinski definition) is 7. The van der Waals surface area contributed by atoms with Crippen LogP contribution in [0.1, 0.15) is 45.7 Å². The van der Waals surface area contributed by atoms with Crippen LogP contribution in [0.2, 0.25) is 0 Å². The van der Waals surface area contributed by atoms with Crippen molar-refractivity contribution in [2.45, 2.75) is 70.6 Å². The van der Waals surface area contributed by atoms with Gasteiger partial charge in [0.25, 0.3) is 0 Å². The molecule has 1 heterocycles. The lowest BCUT2D eigenvalue weighted by molar-refractivity contribution is -0.143. The second-order valence-corrected chi connectivity index (χ2v) is 7.83. The first-order chi connectivity index (χ1) is 15.5. The molecule has 13 heteroatoms. The summed E-state index contributed by atoms with van der Waals surface area (Å²) < 4.78 is 0. The molecule has 33 heavy (non-hydrogen) atoms. The fraction of sp³-hybridized carbons (Fsp3) is 0.600. The van der Waals surface area contributed by atoms with E-state index in [1.165, 1.54) is 19.4 Å². The van der Waals surface area contributed by atoms with Gasteiger partial charge in [0.05, 0.1) is 12.4 Å². The van der Waals surface area contributed by atoms with Crippen molar-refractivity contribution >= 4 is 29.7 Å². The largest absolute Gasteiger partial charge is 0.481 e. The Bertz CT molecular complexity index is 827. The molecule has 3 amide bonds. The van der Waals surface area contributed by atoms with Crippen LogP contribution < -0.4 is 21.7 Å². The van der Waals surface area contributed by atoms with Crippen molar-refractivity contribution in [3.63, 3.8) is 0 Å². The summed E-state index contributed by atoms with van der Waals surface area (Å²) in [6.07, 6.45) is 2.46. The molecule has 0 saturated carbocycles. The molecule has 0 aromatic carbocycles. The summed E-state index contributed by atoms with van der Waals surface area (Å²) in [7, 11) is 0. The number of aromatic amines is 1. The first-order valence-corrected chi connectivity index (χ1v) is 10.5. The molecule has 5 unspecified atom stereocenters. The van der Waals surface area contributed by atoms with Gasteiger partial charge in [-0.3, -0.25) is 19.2 Å². The Morgan fingerprint density at radius 2 is 1.67 bits per heavy atom. The Morgan fingerprint density at radius 1 is 1.03 bits per heavy atom. The SMILES string of the molecule is CCC(C)C(NC(=O)C(C)N)C(=O)NC(CCC(=O)O)C(=O)NC(Cc1cnc[nH]1)C(=O)O. The predicted molar refractivity (Wildman–Crippen MR) is 116 cm³/mol. The van der Waals surface area contributed by atoms with Crippen molar-refractivity contribution in [1.82, 2.24) is 25.9 Å². The second kappa shape index (κ2) is 13.2. The van der Waals surface area contributed by atoms with Gasteiger partial charge in [0.2, 0.25) is 17.7 Å².